The van der Waals surface area contributed by atoms with E-state index < -0.39 is 10.9 Å². The number of nitro groups is 1. The quantitative estimate of drug-likeness (QED) is 0.281. The van der Waals surface area contributed by atoms with Crippen LogP contribution in [0.15, 0.2) is 48.5 Å². The number of esters is 1. The Hall–Kier alpha value is -2.21. The average molecular weight is 336 g/mol. The van der Waals surface area contributed by atoms with Gasteiger partial charge in [0.1, 0.15) is 5.75 Å². The van der Waals surface area contributed by atoms with E-state index in [2.05, 4.69) is 15.9 Å². The Morgan fingerprint density at radius 2 is 1.90 bits per heavy atom. The number of nitrogens with zero attached hydrogens (tertiary/aromatic N) is 1. The number of non-ortho nitro benzene ring substituents is 1. The molecular formula is C14H10BrNO4. The maximum Gasteiger partial charge on any atom is 0.343 e. The van der Waals surface area contributed by atoms with E-state index in [1.807, 2.05) is 0 Å². The zero-order valence-corrected chi connectivity index (χ0v) is 11.9. The van der Waals surface area contributed by atoms with Crippen LogP contribution in [0.5, 0.6) is 5.75 Å². The van der Waals surface area contributed by atoms with Gasteiger partial charge in [0.25, 0.3) is 5.69 Å². The first kappa shape index (κ1) is 14.2. The van der Waals surface area contributed by atoms with E-state index in [0.29, 0.717) is 10.9 Å². The summed E-state index contributed by atoms with van der Waals surface area (Å²) in [6.07, 6.45) is 0. The normalized spacial score (nSPS) is 10.1. The van der Waals surface area contributed by atoms with Crippen molar-refractivity contribution in [3.05, 3.63) is 69.8 Å². The monoisotopic (exact) mass is 335 g/mol. The zero-order valence-electron chi connectivity index (χ0n) is 10.3. The highest BCUT2D eigenvalue weighted by Crippen LogP contribution is 2.20. The van der Waals surface area contributed by atoms with E-state index in [0.717, 1.165) is 5.56 Å². The van der Waals surface area contributed by atoms with Crippen LogP contribution in [0, 0.1) is 10.1 Å². The number of carbonyl (C=O) groups excluding carboxylic acids is 1. The molecule has 20 heavy (non-hydrogen) atoms. The van der Waals surface area contributed by atoms with E-state index >= 15 is 0 Å². The van der Waals surface area contributed by atoms with Crippen molar-refractivity contribution in [3.8, 4) is 5.75 Å². The topological polar surface area (TPSA) is 69.4 Å². The second-order valence-electron chi connectivity index (χ2n) is 3.97. The standard InChI is InChI=1S/C14H10BrNO4/c15-9-10-4-6-11(7-5-10)14(17)20-13-3-1-2-12(8-13)16(18)19/h1-8H,9H2. The van der Waals surface area contributed by atoms with Gasteiger partial charge in [0.15, 0.2) is 0 Å². The lowest BCUT2D eigenvalue weighted by molar-refractivity contribution is -0.384. The molecule has 0 N–H and O–H groups in total. The number of ether oxygens (including phenoxy) is 1. The second-order valence-corrected chi connectivity index (χ2v) is 4.54. The highest BCUT2D eigenvalue weighted by atomic mass is 79.9. The third-order valence-corrected chi connectivity index (χ3v) is 3.23. The second kappa shape index (κ2) is 6.29. The first-order valence-corrected chi connectivity index (χ1v) is 6.84. The lowest BCUT2D eigenvalue weighted by atomic mass is 10.1. The third kappa shape index (κ3) is 3.42. The fraction of sp³-hybridized carbons (Fsp3) is 0.0714. The van der Waals surface area contributed by atoms with Gasteiger partial charge in [-0.15, -0.1) is 0 Å². The average Bonchev–Trinajstić information content (AvgIpc) is 2.47. The van der Waals surface area contributed by atoms with Crippen LogP contribution in [0.2, 0.25) is 0 Å². The van der Waals surface area contributed by atoms with Crippen LogP contribution in [0.3, 0.4) is 0 Å². The van der Waals surface area contributed by atoms with Gasteiger partial charge >= 0.3 is 5.97 Å². The molecule has 0 bridgehead atoms. The smallest absolute Gasteiger partial charge is 0.343 e. The fourth-order valence-corrected chi connectivity index (χ4v) is 1.93. The minimum atomic E-state index is -0.549. The van der Waals surface area contributed by atoms with Gasteiger partial charge in [-0.2, -0.15) is 0 Å². The van der Waals surface area contributed by atoms with Gasteiger partial charge in [-0.3, -0.25) is 10.1 Å². The van der Waals surface area contributed by atoms with Crippen LogP contribution in [0.1, 0.15) is 15.9 Å². The molecule has 5 nitrogen and oxygen atoms in total. The Balaban J connectivity index is 2.14. The summed E-state index contributed by atoms with van der Waals surface area (Å²) in [7, 11) is 0. The molecule has 0 aromatic heterocycles. The zero-order chi connectivity index (χ0) is 14.5. The van der Waals surface area contributed by atoms with Crippen LogP contribution in [-0.2, 0) is 5.33 Å². The van der Waals surface area contributed by atoms with Gasteiger partial charge in [-0.25, -0.2) is 4.79 Å². The summed E-state index contributed by atoms with van der Waals surface area (Å²) in [5, 5.41) is 11.3. The molecule has 0 saturated heterocycles. The Morgan fingerprint density at radius 1 is 1.20 bits per heavy atom. The molecule has 0 atom stereocenters. The minimum Gasteiger partial charge on any atom is -0.423 e. The molecule has 0 aliphatic heterocycles. The predicted octanol–water partition coefficient (Wildman–Crippen LogP) is 3.71. The molecule has 0 radical (unpaired) electrons. The van der Waals surface area contributed by atoms with Crippen molar-refractivity contribution in [1.82, 2.24) is 0 Å². The SMILES string of the molecule is O=C(Oc1cccc([N+](=O)[O-])c1)c1ccc(CBr)cc1. The van der Waals surface area contributed by atoms with E-state index in [9.17, 15) is 14.9 Å². The molecule has 2 aromatic carbocycles. The van der Waals surface area contributed by atoms with Crippen molar-refractivity contribution in [2.75, 3.05) is 0 Å². The molecule has 0 unspecified atom stereocenters. The van der Waals surface area contributed by atoms with Gasteiger partial charge in [-0.05, 0) is 23.8 Å². The van der Waals surface area contributed by atoms with E-state index in [1.165, 1.54) is 24.3 Å². The molecule has 0 spiro atoms. The largest absolute Gasteiger partial charge is 0.423 e. The molecule has 6 heteroatoms. The molecule has 0 amide bonds. The Morgan fingerprint density at radius 3 is 2.50 bits per heavy atom. The van der Waals surface area contributed by atoms with Crippen LogP contribution >= 0.6 is 15.9 Å². The summed E-state index contributed by atoms with van der Waals surface area (Å²) >= 11 is 3.31. The van der Waals surface area contributed by atoms with Crippen LogP contribution in [-0.4, -0.2) is 10.9 Å². The number of rotatable bonds is 4. The summed E-state index contributed by atoms with van der Waals surface area (Å²) in [6.45, 7) is 0. The van der Waals surface area contributed by atoms with Crippen LogP contribution < -0.4 is 4.74 Å². The van der Waals surface area contributed by atoms with Crippen molar-refractivity contribution in [2.45, 2.75) is 5.33 Å². The van der Waals surface area contributed by atoms with Crippen molar-refractivity contribution in [2.24, 2.45) is 0 Å². The molecule has 102 valence electrons. The predicted molar refractivity (Wildman–Crippen MR) is 77.1 cm³/mol. The summed E-state index contributed by atoms with van der Waals surface area (Å²) in [5.41, 5.74) is 1.31. The molecule has 0 aliphatic rings. The molecule has 0 fully saturated rings. The lowest BCUT2D eigenvalue weighted by Gasteiger charge is -2.04. The molecule has 0 aliphatic carbocycles. The maximum atomic E-state index is 11.9. The van der Waals surface area contributed by atoms with Gasteiger partial charge in [0, 0.05) is 11.4 Å². The Bertz CT molecular complexity index is 640. The van der Waals surface area contributed by atoms with Gasteiger partial charge < -0.3 is 4.74 Å². The summed E-state index contributed by atoms with van der Waals surface area (Å²) in [6, 6.07) is 12.4. The number of hydrogen-bond acceptors (Lipinski definition) is 4. The van der Waals surface area contributed by atoms with Gasteiger partial charge in [-0.1, -0.05) is 34.1 Å². The molecule has 0 heterocycles. The third-order valence-electron chi connectivity index (χ3n) is 2.58. The summed E-state index contributed by atoms with van der Waals surface area (Å²) in [5.74, 6) is -0.402. The first-order chi connectivity index (χ1) is 9.60. The lowest BCUT2D eigenvalue weighted by Crippen LogP contribution is -2.08. The fourth-order valence-electron chi connectivity index (χ4n) is 1.56. The molecular weight excluding hydrogens is 326 g/mol. The van der Waals surface area contributed by atoms with Crippen LogP contribution in [0.25, 0.3) is 0 Å². The molecule has 0 saturated carbocycles. The molecule has 2 aromatic rings. The first-order valence-electron chi connectivity index (χ1n) is 5.71. The van der Waals surface area contributed by atoms with E-state index in [-0.39, 0.29) is 11.4 Å². The number of benzene rings is 2. The van der Waals surface area contributed by atoms with Crippen molar-refractivity contribution < 1.29 is 14.5 Å². The van der Waals surface area contributed by atoms with Crippen molar-refractivity contribution in [3.63, 3.8) is 0 Å². The highest BCUT2D eigenvalue weighted by Gasteiger charge is 2.11. The highest BCUT2D eigenvalue weighted by molar-refractivity contribution is 9.08. The number of halogens is 1. The van der Waals surface area contributed by atoms with Gasteiger partial charge in [0.05, 0.1) is 16.6 Å². The number of carbonyl (C=O) groups is 1. The molecule has 2 rings (SSSR count). The van der Waals surface area contributed by atoms with Gasteiger partial charge in [0.2, 0.25) is 0 Å². The van der Waals surface area contributed by atoms with Crippen LogP contribution in [0.4, 0.5) is 5.69 Å². The summed E-state index contributed by atoms with van der Waals surface area (Å²) in [4.78, 5) is 22.0. The Labute approximate surface area is 123 Å². The minimum absolute atomic E-state index is 0.120. The summed E-state index contributed by atoms with van der Waals surface area (Å²) < 4.78 is 5.11. The van der Waals surface area contributed by atoms with E-state index in [1.54, 1.807) is 24.3 Å². The number of alkyl halides is 1. The number of hydrogen-bond donors (Lipinski definition) is 0. The van der Waals surface area contributed by atoms with E-state index in [4.69, 9.17) is 4.74 Å². The van der Waals surface area contributed by atoms with Crippen molar-refractivity contribution >= 4 is 27.6 Å². The number of nitro benzene ring substituents is 1. The Kier molecular flexibility index (Phi) is 4.47. The maximum absolute atomic E-state index is 11.9. The van der Waals surface area contributed by atoms with Crippen molar-refractivity contribution in [1.29, 1.82) is 0 Å².